The molecule has 2 N–H and O–H groups in total. The molecule has 2 nitrogen and oxygen atoms in total. The molecule has 2 aliphatic rings. The minimum atomic E-state index is 0.249. The first-order valence-electron chi connectivity index (χ1n) is 9.80. The molecule has 1 heterocycles. The van der Waals surface area contributed by atoms with Gasteiger partial charge in [0.1, 0.15) is 0 Å². The van der Waals surface area contributed by atoms with E-state index in [-0.39, 0.29) is 6.04 Å². The van der Waals surface area contributed by atoms with E-state index >= 15 is 0 Å². The molecular weight excluding hydrogens is 340 g/mol. The van der Waals surface area contributed by atoms with Gasteiger partial charge in [0.05, 0.1) is 11.7 Å². The monoisotopic (exact) mass is 378 g/mol. The average Bonchev–Trinajstić information content (AvgIpc) is 2.86. The van der Waals surface area contributed by atoms with E-state index in [0.717, 1.165) is 24.1 Å². The van der Waals surface area contributed by atoms with Crippen LogP contribution in [-0.4, -0.2) is 18.0 Å². The third kappa shape index (κ3) is 8.30. The molecule has 0 fully saturated rings. The van der Waals surface area contributed by atoms with Crippen LogP contribution >= 0.6 is 0 Å². The Bertz CT molecular complexity index is 724. The number of likely N-dealkylation sites (N-methyl/N-ethyl adjacent to an activating group) is 1. The SMILES string of the molecule is C=C(/C=C\CC)CC.C=CC.C=CC1=CC(C)=CC2C(=C1)C=C(C(=C)N)N2C. The Balaban J connectivity index is 0.000000558. The lowest BCUT2D eigenvalue weighted by molar-refractivity contribution is 0.420. The molecule has 0 aromatic rings. The molecule has 2 rings (SSSR count). The fraction of sp³-hybridized carbons (Fsp3) is 0.308. The van der Waals surface area contributed by atoms with E-state index in [9.17, 15) is 0 Å². The van der Waals surface area contributed by atoms with E-state index in [1.165, 1.54) is 16.7 Å². The van der Waals surface area contributed by atoms with E-state index in [4.69, 9.17) is 5.73 Å². The van der Waals surface area contributed by atoms with Gasteiger partial charge in [0.15, 0.2) is 0 Å². The van der Waals surface area contributed by atoms with Crippen molar-refractivity contribution in [3.63, 3.8) is 0 Å². The highest BCUT2D eigenvalue weighted by Crippen LogP contribution is 2.32. The Labute approximate surface area is 173 Å². The molecule has 0 saturated heterocycles. The third-order valence-electron chi connectivity index (χ3n) is 4.20. The fourth-order valence-electron chi connectivity index (χ4n) is 2.69. The zero-order valence-electron chi connectivity index (χ0n) is 18.5. The van der Waals surface area contributed by atoms with E-state index in [1.807, 2.05) is 20.0 Å². The van der Waals surface area contributed by atoms with Crippen molar-refractivity contribution in [3.05, 3.63) is 109 Å². The van der Waals surface area contributed by atoms with Crippen LogP contribution in [0.1, 0.15) is 40.5 Å². The van der Waals surface area contributed by atoms with Gasteiger partial charge in [0.2, 0.25) is 0 Å². The third-order valence-corrected chi connectivity index (χ3v) is 4.20. The summed E-state index contributed by atoms with van der Waals surface area (Å²) in [6.07, 6.45) is 18.6. The molecule has 1 unspecified atom stereocenters. The van der Waals surface area contributed by atoms with E-state index in [1.54, 1.807) is 6.08 Å². The van der Waals surface area contributed by atoms with Crippen molar-refractivity contribution in [3.8, 4) is 0 Å². The molecule has 1 atom stereocenters. The van der Waals surface area contributed by atoms with Gasteiger partial charge < -0.3 is 10.6 Å². The van der Waals surface area contributed by atoms with E-state index in [2.05, 4.69) is 88.4 Å². The summed E-state index contributed by atoms with van der Waals surface area (Å²) >= 11 is 0. The summed E-state index contributed by atoms with van der Waals surface area (Å²) in [5.74, 6) is 0. The maximum atomic E-state index is 5.80. The molecule has 0 bridgehead atoms. The molecule has 2 heteroatoms. The molecule has 1 aliphatic carbocycles. The lowest BCUT2D eigenvalue weighted by Crippen LogP contribution is -2.27. The zero-order chi connectivity index (χ0) is 21.7. The van der Waals surface area contributed by atoms with Gasteiger partial charge in [-0.05, 0) is 50.0 Å². The summed E-state index contributed by atoms with van der Waals surface area (Å²) in [6, 6.07) is 0.249. The van der Waals surface area contributed by atoms with Crippen LogP contribution in [0.15, 0.2) is 109 Å². The molecule has 0 spiro atoms. The summed E-state index contributed by atoms with van der Waals surface area (Å²) in [5.41, 5.74) is 12.2. The Kier molecular flexibility index (Phi) is 12.1. The number of nitrogens with two attached hydrogens (primary N) is 1. The number of nitrogens with zero attached hydrogens (tertiary/aromatic N) is 1. The van der Waals surface area contributed by atoms with Crippen LogP contribution in [-0.2, 0) is 0 Å². The van der Waals surface area contributed by atoms with Crippen molar-refractivity contribution in [1.29, 1.82) is 0 Å². The van der Waals surface area contributed by atoms with Gasteiger partial charge in [-0.25, -0.2) is 0 Å². The Hall–Kier alpha value is -2.74. The first-order chi connectivity index (χ1) is 13.2. The molecule has 28 heavy (non-hydrogen) atoms. The van der Waals surface area contributed by atoms with Gasteiger partial charge in [-0.1, -0.05) is 81.2 Å². The molecule has 1 aliphatic heterocycles. The second-order valence-electron chi connectivity index (χ2n) is 6.74. The van der Waals surface area contributed by atoms with Crippen molar-refractivity contribution < 1.29 is 0 Å². The molecule has 0 radical (unpaired) electrons. The zero-order valence-corrected chi connectivity index (χ0v) is 18.5. The van der Waals surface area contributed by atoms with Crippen LogP contribution in [0.3, 0.4) is 0 Å². The first-order valence-corrected chi connectivity index (χ1v) is 9.80. The Morgan fingerprint density at radius 1 is 1.18 bits per heavy atom. The van der Waals surface area contributed by atoms with Gasteiger partial charge in [0, 0.05) is 12.7 Å². The van der Waals surface area contributed by atoms with Crippen LogP contribution in [0.2, 0.25) is 0 Å². The Morgan fingerprint density at radius 3 is 2.25 bits per heavy atom. The normalized spacial score (nSPS) is 17.3. The van der Waals surface area contributed by atoms with Crippen molar-refractivity contribution in [2.45, 2.75) is 46.6 Å². The number of fused-ring (bicyclic) bond motifs is 1. The van der Waals surface area contributed by atoms with E-state index < -0.39 is 0 Å². The van der Waals surface area contributed by atoms with E-state index in [0.29, 0.717) is 5.70 Å². The lowest BCUT2D eigenvalue weighted by atomic mass is 10.1. The van der Waals surface area contributed by atoms with Crippen molar-refractivity contribution in [2.75, 3.05) is 7.05 Å². The molecule has 0 saturated carbocycles. The van der Waals surface area contributed by atoms with Crippen molar-refractivity contribution >= 4 is 0 Å². The maximum absolute atomic E-state index is 5.80. The molecule has 0 amide bonds. The highest BCUT2D eigenvalue weighted by molar-refractivity contribution is 5.53. The highest BCUT2D eigenvalue weighted by Gasteiger charge is 2.27. The van der Waals surface area contributed by atoms with Crippen molar-refractivity contribution in [2.24, 2.45) is 5.73 Å². The molecule has 0 aromatic heterocycles. The average molecular weight is 379 g/mol. The maximum Gasteiger partial charge on any atom is 0.0730 e. The van der Waals surface area contributed by atoms with Gasteiger partial charge in [-0.15, -0.1) is 6.58 Å². The summed E-state index contributed by atoms with van der Waals surface area (Å²) in [7, 11) is 2.04. The summed E-state index contributed by atoms with van der Waals surface area (Å²) in [6.45, 7) is 23.1. The number of hydrogen-bond acceptors (Lipinski definition) is 2. The quantitative estimate of drug-likeness (QED) is 0.422. The van der Waals surface area contributed by atoms with Crippen LogP contribution in [0.4, 0.5) is 0 Å². The minimum Gasteiger partial charge on any atom is -0.398 e. The molecular formula is C26H38N2. The van der Waals surface area contributed by atoms with Crippen LogP contribution in [0.5, 0.6) is 0 Å². The van der Waals surface area contributed by atoms with Gasteiger partial charge in [0.25, 0.3) is 0 Å². The molecule has 0 aromatic carbocycles. The van der Waals surface area contributed by atoms with Gasteiger partial charge in [-0.3, -0.25) is 0 Å². The second kappa shape index (κ2) is 13.4. The van der Waals surface area contributed by atoms with Crippen molar-refractivity contribution in [1.82, 2.24) is 4.90 Å². The standard InChI is InChI=1S/C15H18N2.C8H14.C3H6/c1-5-12-6-10(2)7-15-13(8-12)9-14(11(3)16)17(15)4;1-4-6-7-8(3)5-2;1-3-2/h5-9,15H,1,3,16H2,2,4H3;6-7H,3-5H2,1-2H3;3H,1H2,2H3/b;7-6-;. The van der Waals surface area contributed by atoms with Crippen LogP contribution < -0.4 is 5.73 Å². The minimum absolute atomic E-state index is 0.249. The number of hydrogen-bond donors (Lipinski definition) is 1. The summed E-state index contributed by atoms with van der Waals surface area (Å²) < 4.78 is 0. The highest BCUT2D eigenvalue weighted by atomic mass is 15.2. The number of rotatable bonds is 5. The van der Waals surface area contributed by atoms with Gasteiger partial charge in [-0.2, -0.15) is 0 Å². The van der Waals surface area contributed by atoms with Crippen LogP contribution in [0.25, 0.3) is 0 Å². The summed E-state index contributed by atoms with van der Waals surface area (Å²) in [4.78, 5) is 2.15. The fourth-order valence-corrected chi connectivity index (χ4v) is 2.69. The Morgan fingerprint density at radius 2 is 1.79 bits per heavy atom. The van der Waals surface area contributed by atoms with Gasteiger partial charge >= 0.3 is 0 Å². The smallest absolute Gasteiger partial charge is 0.0730 e. The predicted molar refractivity (Wildman–Crippen MR) is 128 cm³/mol. The topological polar surface area (TPSA) is 29.3 Å². The number of allylic oxidation sites excluding steroid dienone is 9. The lowest BCUT2D eigenvalue weighted by Gasteiger charge is -2.23. The second-order valence-corrected chi connectivity index (χ2v) is 6.74. The predicted octanol–water partition coefficient (Wildman–Crippen LogP) is 6.77. The van der Waals surface area contributed by atoms with Crippen LogP contribution in [0, 0.1) is 0 Å². The largest absolute Gasteiger partial charge is 0.398 e. The first kappa shape index (κ1) is 25.3. The summed E-state index contributed by atoms with van der Waals surface area (Å²) in [5, 5.41) is 0. The molecule has 152 valence electrons.